The molecule has 0 aliphatic carbocycles. The first-order valence-electron chi connectivity index (χ1n) is 13.3. The molecule has 9 nitrogen and oxygen atoms in total. The van der Waals surface area contributed by atoms with Crippen molar-refractivity contribution in [3.63, 3.8) is 0 Å². The molecule has 41 heavy (non-hydrogen) atoms. The van der Waals surface area contributed by atoms with E-state index in [1.807, 2.05) is 11.0 Å². The van der Waals surface area contributed by atoms with Crippen LogP contribution in [0.15, 0.2) is 47.8 Å². The predicted molar refractivity (Wildman–Crippen MR) is 146 cm³/mol. The Kier molecular flexibility index (Phi) is 9.57. The van der Waals surface area contributed by atoms with Gasteiger partial charge in [0.1, 0.15) is 5.69 Å². The van der Waals surface area contributed by atoms with Crippen LogP contribution in [0.25, 0.3) is 5.57 Å². The lowest BCUT2D eigenvalue weighted by molar-refractivity contribution is -0.141. The Hall–Kier alpha value is -3.61. The van der Waals surface area contributed by atoms with E-state index in [1.54, 1.807) is 35.4 Å². The first kappa shape index (κ1) is 30.4. The lowest BCUT2D eigenvalue weighted by atomic mass is 10.1. The van der Waals surface area contributed by atoms with Crippen molar-refractivity contribution in [3.05, 3.63) is 59.6 Å². The topological polar surface area (TPSA) is 102 Å². The normalized spacial score (nSPS) is 16.0. The van der Waals surface area contributed by atoms with Crippen molar-refractivity contribution in [2.45, 2.75) is 50.0 Å². The average Bonchev–Trinajstić information content (AvgIpc) is 2.97. The van der Waals surface area contributed by atoms with Crippen LogP contribution in [0.4, 0.5) is 13.2 Å². The molecule has 2 aliphatic heterocycles. The number of benzene rings is 1. The number of halogens is 3. The quantitative estimate of drug-likeness (QED) is 0.371. The van der Waals surface area contributed by atoms with E-state index in [2.05, 4.69) is 9.97 Å². The van der Waals surface area contributed by atoms with E-state index in [4.69, 9.17) is 9.47 Å². The summed E-state index contributed by atoms with van der Waals surface area (Å²) in [7, 11) is -1.24. The second-order valence-electron chi connectivity index (χ2n) is 9.89. The molecule has 4 rings (SSSR count). The Balaban J connectivity index is 1.55. The van der Waals surface area contributed by atoms with Crippen molar-refractivity contribution in [1.82, 2.24) is 19.8 Å². The summed E-state index contributed by atoms with van der Waals surface area (Å²) in [4.78, 5) is 23.4. The Bertz CT molecular complexity index is 1420. The molecule has 1 aromatic heterocycles. The summed E-state index contributed by atoms with van der Waals surface area (Å²) >= 11 is 0. The van der Waals surface area contributed by atoms with Crippen LogP contribution in [0, 0.1) is 0 Å². The highest BCUT2D eigenvalue weighted by Crippen LogP contribution is 2.32. The van der Waals surface area contributed by atoms with Crippen LogP contribution >= 0.6 is 0 Å². The molecule has 1 aromatic carbocycles. The number of hydrogen-bond acceptors (Lipinski definition) is 8. The standard InChI is InChI=1S/C28H33F3N4O5S/c1-39-23-11-10-20(16-24(23)40-2)18-34-12-6-8-21(19-34)22-17-25(28(29,30)31)33-27(32-22)41(37,38)15-7-9-26(36)35-13-4-3-5-14-35/h6,8,10-11,16-17,19H,3-5,7,9,12-15,18H2,1-2H3. The molecule has 0 radical (unpaired) electrons. The van der Waals surface area contributed by atoms with Gasteiger partial charge in [-0.2, -0.15) is 13.2 Å². The molecule has 1 amide bonds. The molecule has 0 spiro atoms. The van der Waals surface area contributed by atoms with E-state index in [0.29, 0.717) is 43.3 Å². The number of ether oxygens (including phenoxy) is 2. The molecule has 13 heteroatoms. The number of carbonyl (C=O) groups excluding carboxylic acids is 1. The van der Waals surface area contributed by atoms with Crippen molar-refractivity contribution in [3.8, 4) is 11.5 Å². The largest absolute Gasteiger partial charge is 0.493 e. The molecular formula is C28H33F3N4O5S. The summed E-state index contributed by atoms with van der Waals surface area (Å²) in [5.41, 5.74) is -0.337. The highest BCUT2D eigenvalue weighted by atomic mass is 32.2. The van der Waals surface area contributed by atoms with Crippen LogP contribution in [0.3, 0.4) is 0 Å². The van der Waals surface area contributed by atoms with Gasteiger partial charge in [-0.05, 0) is 49.4 Å². The van der Waals surface area contributed by atoms with Crippen LogP contribution in [-0.2, 0) is 27.4 Å². The number of amides is 1. The van der Waals surface area contributed by atoms with Crippen molar-refractivity contribution in [1.29, 1.82) is 0 Å². The zero-order valence-electron chi connectivity index (χ0n) is 23.0. The second kappa shape index (κ2) is 12.9. The Morgan fingerprint density at radius 3 is 2.44 bits per heavy atom. The molecule has 0 atom stereocenters. The van der Waals surface area contributed by atoms with Gasteiger partial charge in [0.05, 0.1) is 25.7 Å². The highest BCUT2D eigenvalue weighted by Gasteiger charge is 2.35. The van der Waals surface area contributed by atoms with Crippen molar-refractivity contribution >= 4 is 21.3 Å². The third kappa shape index (κ3) is 7.78. The summed E-state index contributed by atoms with van der Waals surface area (Å²) in [6.45, 7) is 2.15. The fraction of sp³-hybridized carbons (Fsp3) is 0.464. The van der Waals surface area contributed by atoms with Gasteiger partial charge in [0, 0.05) is 44.4 Å². The van der Waals surface area contributed by atoms with Crippen LogP contribution in [0.2, 0.25) is 0 Å². The minimum atomic E-state index is -4.88. The summed E-state index contributed by atoms with van der Waals surface area (Å²) in [5.74, 6) is 0.418. The van der Waals surface area contributed by atoms with Crippen LogP contribution in [0.5, 0.6) is 11.5 Å². The van der Waals surface area contributed by atoms with Gasteiger partial charge in [-0.1, -0.05) is 18.2 Å². The zero-order valence-corrected chi connectivity index (χ0v) is 23.8. The number of hydrogen-bond donors (Lipinski definition) is 0. The van der Waals surface area contributed by atoms with Gasteiger partial charge in [-0.3, -0.25) is 4.79 Å². The zero-order chi connectivity index (χ0) is 29.6. The Labute approximate surface area is 237 Å². The molecular weight excluding hydrogens is 561 g/mol. The highest BCUT2D eigenvalue weighted by molar-refractivity contribution is 7.91. The third-order valence-electron chi connectivity index (χ3n) is 6.88. The smallest absolute Gasteiger partial charge is 0.433 e. The lowest BCUT2D eigenvalue weighted by Crippen LogP contribution is -2.35. The van der Waals surface area contributed by atoms with Gasteiger partial charge >= 0.3 is 6.18 Å². The second-order valence-corrected chi connectivity index (χ2v) is 11.9. The van der Waals surface area contributed by atoms with Crippen LogP contribution < -0.4 is 9.47 Å². The van der Waals surface area contributed by atoms with Gasteiger partial charge in [-0.15, -0.1) is 0 Å². The van der Waals surface area contributed by atoms with E-state index >= 15 is 0 Å². The number of rotatable bonds is 10. The number of piperidine rings is 1. The third-order valence-corrected chi connectivity index (χ3v) is 8.44. The molecule has 3 heterocycles. The van der Waals surface area contributed by atoms with Gasteiger partial charge < -0.3 is 19.3 Å². The number of likely N-dealkylation sites (tertiary alicyclic amines) is 1. The van der Waals surface area contributed by atoms with E-state index in [0.717, 1.165) is 30.9 Å². The Morgan fingerprint density at radius 1 is 1.02 bits per heavy atom. The first-order chi connectivity index (χ1) is 19.5. The van der Waals surface area contributed by atoms with Gasteiger partial charge in [-0.25, -0.2) is 18.4 Å². The average molecular weight is 595 g/mol. The fourth-order valence-electron chi connectivity index (χ4n) is 4.75. The van der Waals surface area contributed by atoms with Crippen molar-refractivity contribution < 1.29 is 35.9 Å². The predicted octanol–water partition coefficient (Wildman–Crippen LogP) is 4.49. The molecule has 2 aromatic rings. The summed E-state index contributed by atoms with van der Waals surface area (Å²) in [6.07, 6.45) is 2.91. The minimum absolute atomic E-state index is 0.00988. The lowest BCUT2D eigenvalue weighted by Gasteiger charge is -2.26. The number of allylic oxidation sites excluding steroid dienone is 2. The number of aromatic nitrogens is 2. The van der Waals surface area contributed by atoms with E-state index < -0.39 is 32.6 Å². The maximum atomic E-state index is 13.8. The summed E-state index contributed by atoms with van der Waals surface area (Å²) < 4.78 is 78.0. The van der Waals surface area contributed by atoms with Gasteiger partial charge in [0.25, 0.3) is 0 Å². The molecule has 2 aliphatic rings. The molecule has 0 bridgehead atoms. The van der Waals surface area contributed by atoms with Crippen LogP contribution in [0.1, 0.15) is 49.1 Å². The molecule has 0 N–H and O–H groups in total. The summed E-state index contributed by atoms with van der Waals surface area (Å²) in [5, 5.41) is -0.904. The minimum Gasteiger partial charge on any atom is -0.493 e. The van der Waals surface area contributed by atoms with Gasteiger partial charge in [0.2, 0.25) is 20.9 Å². The first-order valence-corrected chi connectivity index (χ1v) is 15.0. The SMILES string of the molecule is COc1ccc(CN2C=C(c3cc(C(F)(F)F)nc(S(=O)(=O)CCCC(=O)N4CCCCC4)n3)C=CC2)cc1OC. The number of carbonyl (C=O) groups is 1. The molecule has 0 unspecified atom stereocenters. The molecule has 222 valence electrons. The maximum Gasteiger partial charge on any atom is 0.433 e. The van der Waals surface area contributed by atoms with E-state index in [9.17, 15) is 26.4 Å². The molecule has 1 fully saturated rings. The summed E-state index contributed by atoms with van der Waals surface area (Å²) in [6, 6.07) is 6.16. The number of alkyl halides is 3. The molecule has 1 saturated heterocycles. The number of sulfone groups is 1. The number of methoxy groups -OCH3 is 2. The van der Waals surface area contributed by atoms with Crippen molar-refractivity contribution in [2.75, 3.05) is 39.6 Å². The van der Waals surface area contributed by atoms with E-state index in [1.165, 1.54) is 14.2 Å². The van der Waals surface area contributed by atoms with Crippen molar-refractivity contribution in [2.24, 2.45) is 0 Å². The van der Waals surface area contributed by atoms with Gasteiger partial charge in [0.15, 0.2) is 11.5 Å². The van der Waals surface area contributed by atoms with Crippen LogP contribution in [-0.4, -0.2) is 73.7 Å². The Morgan fingerprint density at radius 2 is 1.76 bits per heavy atom. The molecule has 0 saturated carbocycles. The fourth-order valence-corrected chi connectivity index (χ4v) is 5.93. The maximum absolute atomic E-state index is 13.8. The van der Waals surface area contributed by atoms with E-state index in [-0.39, 0.29) is 24.4 Å². The number of nitrogens with zero attached hydrogens (tertiary/aromatic N) is 4. The monoisotopic (exact) mass is 594 g/mol.